The van der Waals surface area contributed by atoms with Gasteiger partial charge in [0.1, 0.15) is 11.3 Å². The van der Waals surface area contributed by atoms with E-state index in [4.69, 9.17) is 21.1 Å². The van der Waals surface area contributed by atoms with Crippen molar-refractivity contribution in [1.29, 1.82) is 0 Å². The fourth-order valence-corrected chi connectivity index (χ4v) is 5.15. The maximum Gasteiger partial charge on any atom is 0.262 e. The molecule has 3 aromatic carbocycles. The van der Waals surface area contributed by atoms with E-state index in [1.54, 1.807) is 36.4 Å². The number of nitrogens with zero attached hydrogens (tertiary/aromatic N) is 3. The Hall–Kier alpha value is -4.21. The van der Waals surface area contributed by atoms with Crippen molar-refractivity contribution in [2.45, 2.75) is 39.5 Å². The number of likely N-dealkylation sites (tertiary alicyclic amines) is 1. The zero-order chi connectivity index (χ0) is 30.2. The van der Waals surface area contributed by atoms with Gasteiger partial charge < -0.3 is 25.0 Å². The molecule has 1 aliphatic heterocycles. The molecule has 8 nitrogen and oxygen atoms in total. The molecule has 2 N–H and O–H groups in total. The number of aromatic nitrogens is 2. The number of rotatable bonds is 11. The van der Waals surface area contributed by atoms with Crippen LogP contribution in [0.15, 0.2) is 66.9 Å². The molecule has 0 atom stereocenters. The van der Waals surface area contributed by atoms with Crippen molar-refractivity contribution in [3.05, 3.63) is 94.4 Å². The summed E-state index contributed by atoms with van der Waals surface area (Å²) in [6.07, 6.45) is 5.99. The predicted molar refractivity (Wildman–Crippen MR) is 168 cm³/mol. The van der Waals surface area contributed by atoms with Crippen LogP contribution in [0.5, 0.6) is 17.4 Å². The van der Waals surface area contributed by atoms with Crippen LogP contribution in [0.2, 0.25) is 5.02 Å². The number of halogens is 2. The lowest BCUT2D eigenvalue weighted by atomic mass is 10.1. The van der Waals surface area contributed by atoms with Gasteiger partial charge in [-0.25, -0.2) is 9.37 Å². The van der Waals surface area contributed by atoms with E-state index in [9.17, 15) is 9.18 Å². The van der Waals surface area contributed by atoms with Crippen molar-refractivity contribution >= 4 is 34.8 Å². The Labute approximate surface area is 256 Å². The zero-order valence-corrected chi connectivity index (χ0v) is 25.1. The highest BCUT2D eigenvalue weighted by Gasteiger charge is 2.19. The number of ether oxygens (including phenoxy) is 2. The van der Waals surface area contributed by atoms with Gasteiger partial charge in [0.15, 0.2) is 11.6 Å². The SMILES string of the molecule is Cc1cccc(C)c1NC(=O)c1cnc(Nc2ccc(OCCCN3CCCCC3)c(F)c2)nc1Oc1cccc(Cl)c1. The molecular formula is C33H35ClFN5O3. The summed E-state index contributed by atoms with van der Waals surface area (Å²) in [5, 5.41) is 6.40. The number of aryl methyl sites for hydroxylation is 2. The summed E-state index contributed by atoms with van der Waals surface area (Å²) >= 11 is 6.14. The van der Waals surface area contributed by atoms with Crippen molar-refractivity contribution in [2.75, 3.05) is 36.9 Å². The number of nitrogens with one attached hydrogen (secondary N) is 2. The van der Waals surface area contributed by atoms with Crippen LogP contribution in [0.4, 0.5) is 21.7 Å². The molecule has 1 aromatic heterocycles. The molecule has 10 heteroatoms. The van der Waals surface area contributed by atoms with Crippen LogP contribution in [0.3, 0.4) is 0 Å². The molecule has 4 aromatic rings. The fourth-order valence-electron chi connectivity index (χ4n) is 4.97. The summed E-state index contributed by atoms with van der Waals surface area (Å²) in [5.74, 6) is -0.218. The summed E-state index contributed by atoms with van der Waals surface area (Å²) < 4.78 is 26.6. The lowest BCUT2D eigenvalue weighted by Gasteiger charge is -2.26. The minimum Gasteiger partial charge on any atom is -0.490 e. The summed E-state index contributed by atoms with van der Waals surface area (Å²) in [6.45, 7) is 7.48. The third-order valence-electron chi connectivity index (χ3n) is 7.24. The van der Waals surface area contributed by atoms with E-state index in [-0.39, 0.29) is 23.1 Å². The van der Waals surface area contributed by atoms with Crippen molar-refractivity contribution in [1.82, 2.24) is 14.9 Å². The lowest BCUT2D eigenvalue weighted by molar-refractivity contribution is 0.102. The number of para-hydroxylation sites is 1. The van der Waals surface area contributed by atoms with E-state index in [2.05, 4.69) is 25.5 Å². The number of hydrogen-bond donors (Lipinski definition) is 2. The average molecular weight is 604 g/mol. The van der Waals surface area contributed by atoms with Gasteiger partial charge in [0.25, 0.3) is 5.91 Å². The van der Waals surface area contributed by atoms with E-state index < -0.39 is 11.7 Å². The molecule has 0 unspecified atom stereocenters. The molecule has 0 saturated carbocycles. The molecule has 0 radical (unpaired) electrons. The molecule has 0 spiro atoms. The third-order valence-corrected chi connectivity index (χ3v) is 7.48. The van der Waals surface area contributed by atoms with Crippen LogP contribution in [-0.2, 0) is 0 Å². The fraction of sp³-hybridized carbons (Fsp3) is 0.303. The lowest BCUT2D eigenvalue weighted by Crippen LogP contribution is -2.31. The second-order valence-corrected chi connectivity index (χ2v) is 11.0. The Morgan fingerprint density at radius 1 is 1.02 bits per heavy atom. The molecule has 5 rings (SSSR count). The standard InChI is InChI=1S/C33H35ClFN5O3/c1-22-9-6-10-23(2)30(22)38-31(41)27-21-36-33(39-32(27)43-26-12-7-11-24(34)19-26)37-25-13-14-29(28(35)20-25)42-18-8-17-40-15-4-3-5-16-40/h6-7,9-14,19-21H,3-5,8,15-18H2,1-2H3,(H,38,41)(H,36,37,39). The van der Waals surface area contributed by atoms with Crippen molar-refractivity contribution in [3.8, 4) is 17.4 Å². The van der Waals surface area contributed by atoms with E-state index in [1.165, 1.54) is 31.5 Å². The Bertz CT molecular complexity index is 1560. The average Bonchev–Trinajstić information content (AvgIpc) is 2.99. The van der Waals surface area contributed by atoms with E-state index in [1.807, 2.05) is 32.0 Å². The van der Waals surface area contributed by atoms with Gasteiger partial charge in [-0.3, -0.25) is 4.79 Å². The highest BCUT2D eigenvalue weighted by Crippen LogP contribution is 2.29. The molecule has 2 heterocycles. The van der Waals surface area contributed by atoms with Gasteiger partial charge in [0.05, 0.1) is 6.61 Å². The van der Waals surface area contributed by atoms with Crippen LogP contribution in [-0.4, -0.2) is 47.0 Å². The van der Waals surface area contributed by atoms with Gasteiger partial charge in [0.2, 0.25) is 11.8 Å². The first kappa shape index (κ1) is 30.3. The van der Waals surface area contributed by atoms with Crippen LogP contribution < -0.4 is 20.1 Å². The Morgan fingerprint density at radius 2 is 1.79 bits per heavy atom. The molecule has 0 bridgehead atoms. The van der Waals surface area contributed by atoms with Crippen LogP contribution in [0.1, 0.15) is 47.2 Å². The minimum atomic E-state index is -0.497. The number of piperidine rings is 1. The highest BCUT2D eigenvalue weighted by atomic mass is 35.5. The third kappa shape index (κ3) is 8.21. The van der Waals surface area contributed by atoms with E-state index in [0.717, 1.165) is 37.2 Å². The van der Waals surface area contributed by atoms with Gasteiger partial charge in [-0.05, 0) is 87.7 Å². The Kier molecular flexibility index (Phi) is 10.1. The number of carbonyl (C=O) groups excluding carboxylic acids is 1. The second-order valence-electron chi connectivity index (χ2n) is 10.6. The molecule has 1 aliphatic rings. The van der Waals surface area contributed by atoms with E-state index in [0.29, 0.717) is 28.8 Å². The molecule has 1 saturated heterocycles. The van der Waals surface area contributed by atoms with Crippen molar-refractivity contribution in [2.24, 2.45) is 0 Å². The highest BCUT2D eigenvalue weighted by molar-refractivity contribution is 6.30. The van der Waals surface area contributed by atoms with Gasteiger partial charge in [0, 0.05) is 35.2 Å². The largest absolute Gasteiger partial charge is 0.490 e. The molecule has 43 heavy (non-hydrogen) atoms. The van der Waals surface area contributed by atoms with Crippen LogP contribution in [0, 0.1) is 19.7 Å². The molecule has 224 valence electrons. The van der Waals surface area contributed by atoms with Gasteiger partial charge in [-0.15, -0.1) is 0 Å². The topological polar surface area (TPSA) is 88.6 Å². The summed E-state index contributed by atoms with van der Waals surface area (Å²) in [4.78, 5) is 24.6. The maximum atomic E-state index is 14.9. The van der Waals surface area contributed by atoms with Crippen molar-refractivity contribution < 1.29 is 18.7 Å². The first-order valence-corrected chi connectivity index (χ1v) is 14.8. The second kappa shape index (κ2) is 14.3. The monoisotopic (exact) mass is 603 g/mol. The normalized spacial score (nSPS) is 13.4. The van der Waals surface area contributed by atoms with Crippen molar-refractivity contribution in [3.63, 3.8) is 0 Å². The maximum absolute atomic E-state index is 14.9. The zero-order valence-electron chi connectivity index (χ0n) is 24.3. The van der Waals surface area contributed by atoms with E-state index >= 15 is 0 Å². The Balaban J connectivity index is 1.30. The first-order valence-electron chi connectivity index (χ1n) is 14.5. The van der Waals surface area contributed by atoms with Gasteiger partial charge in [-0.2, -0.15) is 4.98 Å². The number of amides is 1. The number of carbonyl (C=O) groups is 1. The summed E-state index contributed by atoms with van der Waals surface area (Å²) in [5.41, 5.74) is 3.07. The minimum absolute atomic E-state index is 0.0117. The predicted octanol–water partition coefficient (Wildman–Crippen LogP) is 7.93. The quantitative estimate of drug-likeness (QED) is 0.168. The molecule has 0 aliphatic carbocycles. The van der Waals surface area contributed by atoms with Gasteiger partial charge >= 0.3 is 0 Å². The number of benzene rings is 3. The smallest absolute Gasteiger partial charge is 0.262 e. The molecular weight excluding hydrogens is 569 g/mol. The van der Waals surface area contributed by atoms with Gasteiger partial charge in [-0.1, -0.05) is 42.3 Å². The molecule has 1 amide bonds. The number of anilines is 3. The van der Waals surface area contributed by atoms with Crippen LogP contribution in [0.25, 0.3) is 0 Å². The summed E-state index contributed by atoms with van der Waals surface area (Å²) in [7, 11) is 0. The molecule has 1 fully saturated rings. The summed E-state index contributed by atoms with van der Waals surface area (Å²) in [6, 6.07) is 17.1. The Morgan fingerprint density at radius 3 is 2.53 bits per heavy atom. The first-order chi connectivity index (χ1) is 20.9. The number of hydrogen-bond acceptors (Lipinski definition) is 7. The van der Waals surface area contributed by atoms with Crippen LogP contribution >= 0.6 is 11.6 Å².